The summed E-state index contributed by atoms with van der Waals surface area (Å²) >= 11 is 1.75. The number of nitrogens with one attached hydrogen (secondary N) is 2. The fraction of sp³-hybridized carbons (Fsp3) is 0.310. The highest BCUT2D eigenvalue weighted by Crippen LogP contribution is 2.32. The van der Waals surface area contributed by atoms with Crippen LogP contribution in [0.1, 0.15) is 21.5 Å². The van der Waals surface area contributed by atoms with Crippen LogP contribution < -0.4 is 19.7 Å². The summed E-state index contributed by atoms with van der Waals surface area (Å²) in [4.78, 5) is 22.4. The first-order valence-electron chi connectivity index (χ1n) is 13.1. The lowest BCUT2D eigenvalue weighted by molar-refractivity contribution is 0.0948. The van der Waals surface area contributed by atoms with Crippen LogP contribution in [-0.4, -0.2) is 70.6 Å². The largest absolute Gasteiger partial charge is 0.497 e. The van der Waals surface area contributed by atoms with Crippen LogP contribution in [-0.2, 0) is 10.0 Å². The predicted molar refractivity (Wildman–Crippen MR) is 168 cm³/mol. The van der Waals surface area contributed by atoms with Crippen molar-refractivity contribution < 1.29 is 17.9 Å². The molecule has 1 amide bonds. The number of ether oxygens (including phenoxy) is 1. The second kappa shape index (κ2) is 13.1. The van der Waals surface area contributed by atoms with E-state index in [2.05, 4.69) is 45.8 Å². The van der Waals surface area contributed by atoms with E-state index in [1.807, 2.05) is 0 Å². The molecule has 1 fully saturated rings. The summed E-state index contributed by atoms with van der Waals surface area (Å²) in [6, 6.07) is 16.9. The van der Waals surface area contributed by atoms with Gasteiger partial charge in [-0.3, -0.25) is 14.4 Å². The van der Waals surface area contributed by atoms with E-state index in [9.17, 15) is 13.2 Å². The molecule has 0 unspecified atom stereocenters. The zero-order valence-electron chi connectivity index (χ0n) is 23.2. The summed E-state index contributed by atoms with van der Waals surface area (Å²) in [5.74, 6) is 0.384. The number of hydrogen-bond acceptors (Lipinski definition) is 8. The van der Waals surface area contributed by atoms with Crippen molar-refractivity contribution >= 4 is 60.7 Å². The molecule has 1 aliphatic rings. The van der Waals surface area contributed by atoms with Crippen LogP contribution in [0.25, 0.3) is 10.2 Å². The summed E-state index contributed by atoms with van der Waals surface area (Å²) in [7, 11) is -2.23. The number of halogens is 1. The molecule has 0 saturated carbocycles. The number of methoxy groups -OCH3 is 1. The van der Waals surface area contributed by atoms with Crippen LogP contribution in [0.4, 0.5) is 10.8 Å². The van der Waals surface area contributed by atoms with E-state index in [0.717, 1.165) is 43.4 Å². The van der Waals surface area contributed by atoms with Gasteiger partial charge in [0.05, 0.1) is 22.2 Å². The number of anilines is 2. The lowest BCUT2D eigenvalue weighted by Gasteiger charge is -2.34. The average Bonchev–Trinajstić information content (AvgIpc) is 3.38. The molecule has 0 radical (unpaired) electrons. The number of nitrogens with zero attached hydrogens (tertiary/aromatic N) is 3. The molecule has 0 atom stereocenters. The molecular formula is C29H34ClN5O4S2. The Bertz CT molecular complexity index is 1600. The molecule has 9 nitrogen and oxygen atoms in total. The van der Waals surface area contributed by atoms with Crippen molar-refractivity contribution in [3.63, 3.8) is 0 Å². The first-order valence-corrected chi connectivity index (χ1v) is 15.4. The van der Waals surface area contributed by atoms with Crippen molar-refractivity contribution in [2.45, 2.75) is 18.7 Å². The Labute approximate surface area is 251 Å². The highest BCUT2D eigenvalue weighted by Gasteiger charge is 2.20. The molecule has 0 bridgehead atoms. The first-order chi connectivity index (χ1) is 19.2. The summed E-state index contributed by atoms with van der Waals surface area (Å²) in [5.41, 5.74) is 4.43. The fourth-order valence-corrected chi connectivity index (χ4v) is 7.00. The van der Waals surface area contributed by atoms with Gasteiger partial charge in [0.1, 0.15) is 5.75 Å². The number of thiazole rings is 1. The molecule has 4 aromatic rings. The van der Waals surface area contributed by atoms with Crippen LogP contribution in [0, 0.1) is 13.8 Å². The van der Waals surface area contributed by atoms with Gasteiger partial charge in [0.15, 0.2) is 5.13 Å². The molecule has 2 N–H and O–H groups in total. The van der Waals surface area contributed by atoms with Gasteiger partial charge in [-0.2, -0.15) is 0 Å². The molecule has 3 aromatic carbocycles. The van der Waals surface area contributed by atoms with Crippen molar-refractivity contribution in [3.05, 3.63) is 77.4 Å². The normalized spacial score (nSPS) is 14.0. The van der Waals surface area contributed by atoms with Gasteiger partial charge in [0, 0.05) is 50.5 Å². The molecule has 5 rings (SSSR count). The number of benzene rings is 3. The van der Waals surface area contributed by atoms with Gasteiger partial charge >= 0.3 is 0 Å². The van der Waals surface area contributed by atoms with Gasteiger partial charge in [0.2, 0.25) is 0 Å². The molecular weight excluding hydrogens is 582 g/mol. The number of aromatic nitrogens is 1. The summed E-state index contributed by atoms with van der Waals surface area (Å²) in [6.45, 7) is 9.15. The molecule has 1 aromatic heterocycles. The van der Waals surface area contributed by atoms with Gasteiger partial charge in [-0.15, -0.1) is 12.4 Å². The summed E-state index contributed by atoms with van der Waals surface area (Å²) in [6.07, 6.45) is 0. The van der Waals surface area contributed by atoms with Crippen molar-refractivity contribution in [1.29, 1.82) is 0 Å². The second-order valence-corrected chi connectivity index (χ2v) is 12.6. The van der Waals surface area contributed by atoms with Crippen LogP contribution in [0.3, 0.4) is 0 Å². The molecule has 1 saturated heterocycles. The molecule has 12 heteroatoms. The highest BCUT2D eigenvalue weighted by molar-refractivity contribution is 7.92. The average molecular weight is 616 g/mol. The topological polar surface area (TPSA) is 104 Å². The SMILES string of the molecule is COc1ccc(S(=O)(=O)Nc2ccc(C(=O)NCCN3CCN(c4nc5c(C)cc(C)cc5s4)CC3)cc2)cc1.Cl. The minimum atomic E-state index is -3.75. The van der Waals surface area contributed by atoms with E-state index in [4.69, 9.17) is 9.72 Å². The second-order valence-electron chi connectivity index (χ2n) is 9.87. The number of piperazine rings is 1. The third kappa shape index (κ3) is 7.28. The minimum Gasteiger partial charge on any atom is -0.497 e. The number of carbonyl (C=O) groups is 1. The van der Waals surface area contributed by atoms with Gasteiger partial charge in [-0.1, -0.05) is 17.4 Å². The first kappa shape index (κ1) is 30.6. The van der Waals surface area contributed by atoms with Crippen LogP contribution >= 0.6 is 23.7 Å². The van der Waals surface area contributed by atoms with Crippen LogP contribution in [0.15, 0.2) is 65.6 Å². The Morgan fingerprint density at radius 2 is 1.68 bits per heavy atom. The van der Waals surface area contributed by atoms with Gasteiger partial charge in [-0.05, 0) is 79.6 Å². The predicted octanol–water partition coefficient (Wildman–Crippen LogP) is 4.70. The number of sulfonamides is 1. The van der Waals surface area contributed by atoms with Gasteiger partial charge in [-0.25, -0.2) is 13.4 Å². The fourth-order valence-electron chi connectivity index (χ4n) is 4.75. The molecule has 41 heavy (non-hydrogen) atoms. The van der Waals surface area contributed by atoms with E-state index in [-0.39, 0.29) is 23.2 Å². The Balaban J connectivity index is 0.00000387. The third-order valence-electron chi connectivity index (χ3n) is 6.94. The van der Waals surface area contributed by atoms with Crippen molar-refractivity contribution in [2.75, 3.05) is 56.0 Å². The molecule has 218 valence electrons. The summed E-state index contributed by atoms with van der Waals surface area (Å²) in [5, 5.41) is 4.04. The number of rotatable bonds is 9. The zero-order chi connectivity index (χ0) is 28.3. The smallest absolute Gasteiger partial charge is 0.261 e. The van der Waals surface area contributed by atoms with Gasteiger partial charge < -0.3 is 15.0 Å². The summed E-state index contributed by atoms with van der Waals surface area (Å²) < 4.78 is 34.1. The lowest BCUT2D eigenvalue weighted by Crippen LogP contribution is -2.48. The molecule has 1 aliphatic heterocycles. The van der Waals surface area contributed by atoms with Crippen LogP contribution in [0.2, 0.25) is 0 Å². The molecule has 0 spiro atoms. The van der Waals surface area contributed by atoms with E-state index < -0.39 is 10.0 Å². The highest BCUT2D eigenvalue weighted by atomic mass is 35.5. The number of carbonyl (C=O) groups excluding carboxylic acids is 1. The van der Waals surface area contributed by atoms with E-state index >= 15 is 0 Å². The van der Waals surface area contributed by atoms with Crippen molar-refractivity contribution in [1.82, 2.24) is 15.2 Å². The van der Waals surface area contributed by atoms with Crippen molar-refractivity contribution in [3.8, 4) is 5.75 Å². The Morgan fingerprint density at radius 1 is 1.00 bits per heavy atom. The van der Waals surface area contributed by atoms with Crippen LogP contribution in [0.5, 0.6) is 5.75 Å². The number of aryl methyl sites for hydroxylation is 2. The Morgan fingerprint density at radius 3 is 2.34 bits per heavy atom. The Hall–Kier alpha value is -3.38. The number of amides is 1. The maximum absolute atomic E-state index is 12.6. The van der Waals surface area contributed by atoms with E-state index in [1.54, 1.807) is 47.7 Å². The lowest BCUT2D eigenvalue weighted by atomic mass is 10.1. The maximum Gasteiger partial charge on any atom is 0.261 e. The maximum atomic E-state index is 12.6. The van der Waals surface area contributed by atoms with Gasteiger partial charge in [0.25, 0.3) is 15.9 Å². The third-order valence-corrected chi connectivity index (χ3v) is 9.40. The molecule has 0 aliphatic carbocycles. The van der Waals surface area contributed by atoms with E-state index in [1.165, 1.54) is 35.1 Å². The quantitative estimate of drug-likeness (QED) is 0.281. The minimum absolute atomic E-state index is 0. The Kier molecular flexibility index (Phi) is 9.75. The zero-order valence-corrected chi connectivity index (χ0v) is 25.7. The standard InChI is InChI=1S/C29H33N5O4S2.ClH/c1-20-18-21(2)27-26(19-20)39-29(31-27)34-16-14-33(15-17-34)13-12-30-28(35)22-4-6-23(7-5-22)32-40(36,37)25-10-8-24(38-3)9-11-25;/h4-11,18-19,32H,12-17H2,1-3H3,(H,30,35);1H. The number of hydrogen-bond donors (Lipinski definition) is 2. The monoisotopic (exact) mass is 615 g/mol. The number of fused-ring (bicyclic) bond motifs is 1. The molecule has 2 heterocycles. The van der Waals surface area contributed by atoms with Crippen molar-refractivity contribution in [2.24, 2.45) is 0 Å². The van der Waals surface area contributed by atoms with E-state index in [0.29, 0.717) is 23.5 Å².